The van der Waals surface area contributed by atoms with Gasteiger partial charge in [-0.15, -0.1) is 0 Å². The summed E-state index contributed by atoms with van der Waals surface area (Å²) in [7, 11) is 0. The molecule has 14 nitrogen and oxygen atoms in total. The first-order valence-corrected chi connectivity index (χ1v) is 21.2. The molecule has 2 aliphatic rings. The molecular weight excluding hydrogens is 807 g/mol. The molecule has 2 aromatic heterocycles. The van der Waals surface area contributed by atoms with Crippen molar-refractivity contribution < 1.29 is 24.1 Å². The average Bonchev–Trinajstić information content (AvgIpc) is 4.03. The number of halogens is 2. The molecule has 0 amide bonds. The topological polar surface area (TPSA) is 145 Å². The highest BCUT2D eigenvalue weighted by molar-refractivity contribution is 6.35. The quantitative estimate of drug-likeness (QED) is 0.0716. The summed E-state index contributed by atoms with van der Waals surface area (Å²) in [6.45, 7) is 14.0. The Labute approximate surface area is 360 Å². The summed E-state index contributed by atoms with van der Waals surface area (Å²) in [5.74, 6) is -1.52. The second kappa shape index (κ2) is 20.9. The molecule has 60 heavy (non-hydrogen) atoms. The van der Waals surface area contributed by atoms with Gasteiger partial charge >= 0.3 is 5.69 Å². The number of carbonyl (C=O) groups is 1. The highest BCUT2D eigenvalue weighted by atomic mass is 35.5. The third-order valence-corrected chi connectivity index (χ3v) is 11.3. The molecule has 16 heteroatoms. The van der Waals surface area contributed by atoms with Crippen molar-refractivity contribution in [3.05, 3.63) is 124 Å². The maximum atomic E-state index is 12.8. The van der Waals surface area contributed by atoms with Gasteiger partial charge in [-0.05, 0) is 92.4 Å². The number of carboxylic acids is 1. The van der Waals surface area contributed by atoms with Crippen LogP contribution < -0.4 is 25.3 Å². The molecule has 4 heterocycles. The molecule has 0 aliphatic carbocycles. The molecule has 2 aliphatic heterocycles. The van der Waals surface area contributed by atoms with Gasteiger partial charge in [0.05, 0.1) is 29.3 Å². The number of benzene rings is 3. The molecule has 0 saturated carbocycles. The minimum absolute atomic E-state index is 0.0645. The summed E-state index contributed by atoms with van der Waals surface area (Å²) in [6, 6.07) is 21.6. The molecule has 0 radical (unpaired) electrons. The Bertz CT molecular complexity index is 2200. The van der Waals surface area contributed by atoms with Crippen molar-refractivity contribution in [2.45, 2.75) is 83.8 Å². The van der Waals surface area contributed by atoms with Crippen LogP contribution >= 0.6 is 23.2 Å². The van der Waals surface area contributed by atoms with Gasteiger partial charge in [0.1, 0.15) is 44.0 Å². The van der Waals surface area contributed by atoms with Crippen molar-refractivity contribution in [2.75, 3.05) is 49.2 Å². The Morgan fingerprint density at radius 3 is 2.20 bits per heavy atom. The predicted molar refractivity (Wildman–Crippen MR) is 231 cm³/mol. The zero-order valence-electron chi connectivity index (χ0n) is 34.4. The van der Waals surface area contributed by atoms with Crippen LogP contribution in [0.1, 0.15) is 70.9 Å². The number of carbonyl (C=O) groups excluding carboxylic acids is 1. The van der Waals surface area contributed by atoms with Gasteiger partial charge in [-0.2, -0.15) is 10.2 Å². The average molecular weight is 861 g/mol. The number of rotatable bonds is 17. The summed E-state index contributed by atoms with van der Waals surface area (Å²) in [5.41, 5.74) is 3.87. The van der Waals surface area contributed by atoms with Gasteiger partial charge in [0.15, 0.2) is 0 Å². The molecule has 0 bridgehead atoms. The van der Waals surface area contributed by atoms with Crippen LogP contribution in [0.2, 0.25) is 10.0 Å². The lowest BCUT2D eigenvalue weighted by Gasteiger charge is -2.37. The molecule has 1 unspecified atom stereocenters. The molecule has 2 saturated heterocycles. The van der Waals surface area contributed by atoms with Crippen molar-refractivity contribution >= 4 is 40.5 Å². The summed E-state index contributed by atoms with van der Waals surface area (Å²) in [4.78, 5) is 31.7. The molecule has 7 rings (SSSR count). The van der Waals surface area contributed by atoms with Crippen LogP contribution in [0, 0.1) is 0 Å². The zero-order valence-corrected chi connectivity index (χ0v) is 35.9. The van der Waals surface area contributed by atoms with Gasteiger partial charge in [0, 0.05) is 48.1 Å². The third kappa shape index (κ3) is 11.2. The number of ether oxygens (including phenoxy) is 3. The maximum Gasteiger partial charge on any atom is 0.350 e. The van der Waals surface area contributed by atoms with E-state index in [1.54, 1.807) is 34.0 Å². The Morgan fingerprint density at radius 2 is 1.60 bits per heavy atom. The maximum absolute atomic E-state index is 12.8. The molecule has 0 N–H and O–H groups in total. The van der Waals surface area contributed by atoms with Crippen molar-refractivity contribution in [3.63, 3.8) is 0 Å². The van der Waals surface area contributed by atoms with E-state index >= 15 is 0 Å². The molecule has 3 aromatic carbocycles. The van der Waals surface area contributed by atoms with Crippen molar-refractivity contribution in [1.29, 1.82) is 0 Å². The molecule has 0 spiro atoms. The third-order valence-electron chi connectivity index (χ3n) is 10.8. The normalized spacial score (nSPS) is 18.2. The molecule has 3 atom stereocenters. The highest BCUT2D eigenvalue weighted by Crippen LogP contribution is 2.40. The van der Waals surface area contributed by atoms with E-state index in [1.165, 1.54) is 17.4 Å². The predicted octanol–water partition coefficient (Wildman–Crippen LogP) is 6.84. The summed E-state index contributed by atoms with van der Waals surface area (Å²) in [5, 5.41) is 19.7. The first-order chi connectivity index (χ1) is 29.0. The Balaban J connectivity index is 0.000000483. The van der Waals surface area contributed by atoms with Gasteiger partial charge in [-0.25, -0.2) is 23.7 Å². The first kappa shape index (κ1) is 44.4. The summed E-state index contributed by atoms with van der Waals surface area (Å²) < 4.78 is 23.7. The van der Waals surface area contributed by atoms with Crippen molar-refractivity contribution in [1.82, 2.24) is 29.1 Å². The number of nitrogens with zero attached hydrogens (tertiary/aromatic N) is 8. The number of hydrogen-bond acceptors (Lipinski definition) is 11. The van der Waals surface area contributed by atoms with Crippen LogP contribution in [0.4, 0.5) is 11.4 Å². The number of aromatic nitrogens is 6. The fraction of sp³-hybridized carbons (Fsp3) is 0.432. The van der Waals surface area contributed by atoms with E-state index in [4.69, 9.17) is 37.4 Å². The van der Waals surface area contributed by atoms with Crippen LogP contribution in [0.15, 0.2) is 103 Å². The monoisotopic (exact) mass is 859 g/mol. The van der Waals surface area contributed by atoms with E-state index in [2.05, 4.69) is 62.7 Å². The van der Waals surface area contributed by atoms with Crippen LogP contribution in [0.5, 0.6) is 5.75 Å². The standard InChI is InChI=1S/C35H38Cl2N8O4.C9H16O2/c1-3-25(2)45-34(46)44(24-40-45)29-7-5-27(6-8-29)41-14-16-42(17-15-41)28-9-11-30(12-10-28)47-19-31-20-48-35(49-31,21-43-23-38-22-39-43)32-13-4-26(36)18-33(32)37;1-3-4-5-6-7-8(2)9(10)11/h4-13,18,22-25,31H,3,14-17,19-21H2,1-2H3;2-7H2,1H3,(H,10,11)/p-1/t25?,31-,35-;/m0./s1. The Morgan fingerprint density at radius 1 is 0.933 bits per heavy atom. The first-order valence-electron chi connectivity index (χ1n) is 20.5. The SMILES string of the molecule is C=C(CCCCCC)C(=O)[O-].CCC(C)n1ncn(-c2ccc(N3CCN(c4ccc(OC[C@H]5CO[C@](Cn6cncn6)(c6ccc(Cl)cc6Cl)O5)cc4)CC3)cc2)c1=O. The van der Waals surface area contributed by atoms with E-state index in [1.807, 2.05) is 44.2 Å². The van der Waals surface area contributed by atoms with Crippen LogP contribution in [-0.2, 0) is 26.6 Å². The molecule has 2 fully saturated rings. The number of unbranched alkanes of at least 4 members (excludes halogenated alkanes) is 3. The highest BCUT2D eigenvalue weighted by Gasteiger charge is 2.45. The van der Waals surface area contributed by atoms with Crippen LogP contribution in [0.3, 0.4) is 0 Å². The number of carboxylic acid groups (broad SMARTS) is 1. The van der Waals surface area contributed by atoms with Crippen LogP contribution in [0.25, 0.3) is 5.69 Å². The fourth-order valence-corrected chi connectivity index (χ4v) is 7.66. The summed E-state index contributed by atoms with van der Waals surface area (Å²) >= 11 is 12.7. The number of hydrogen-bond donors (Lipinski definition) is 0. The van der Waals surface area contributed by atoms with Gasteiger partial charge in [-0.3, -0.25) is 0 Å². The van der Waals surface area contributed by atoms with E-state index < -0.39 is 11.8 Å². The van der Waals surface area contributed by atoms with E-state index in [9.17, 15) is 14.7 Å². The Kier molecular flexibility index (Phi) is 15.5. The van der Waals surface area contributed by atoms with E-state index in [0.717, 1.165) is 74.7 Å². The lowest BCUT2D eigenvalue weighted by molar-refractivity contribution is -0.299. The fourth-order valence-electron chi connectivity index (χ4n) is 7.11. The van der Waals surface area contributed by atoms with Crippen molar-refractivity contribution in [2.24, 2.45) is 0 Å². The second-order valence-electron chi connectivity index (χ2n) is 15.0. The molecule has 5 aromatic rings. The number of piperazine rings is 1. The molecular formula is C44H53Cl2N8O6-. The lowest BCUT2D eigenvalue weighted by Crippen LogP contribution is -2.46. The minimum Gasteiger partial charge on any atom is -0.545 e. The summed E-state index contributed by atoms with van der Waals surface area (Å²) in [6.07, 6.45) is 10.1. The van der Waals surface area contributed by atoms with Gasteiger partial charge in [0.2, 0.25) is 5.79 Å². The van der Waals surface area contributed by atoms with Crippen molar-refractivity contribution in [3.8, 4) is 11.4 Å². The largest absolute Gasteiger partial charge is 0.545 e. The minimum atomic E-state index is -1.16. The zero-order chi connectivity index (χ0) is 42.6. The molecule has 320 valence electrons. The van der Waals surface area contributed by atoms with Crippen LogP contribution in [-0.4, -0.2) is 80.6 Å². The smallest absolute Gasteiger partial charge is 0.350 e. The lowest BCUT2D eigenvalue weighted by atomic mass is 10.1. The van der Waals surface area contributed by atoms with E-state index in [0.29, 0.717) is 35.2 Å². The van der Waals surface area contributed by atoms with Gasteiger partial charge < -0.3 is 33.9 Å². The second-order valence-corrected chi connectivity index (χ2v) is 15.8. The number of anilines is 2. The number of aliphatic carboxylic acids is 1. The van der Waals surface area contributed by atoms with Gasteiger partial charge in [0.25, 0.3) is 0 Å². The van der Waals surface area contributed by atoms with Gasteiger partial charge in [-0.1, -0.05) is 69.0 Å². The Hall–Kier alpha value is -5.15. The van der Waals surface area contributed by atoms with E-state index in [-0.39, 0.29) is 30.0 Å².